The SMILES string of the molecule is COC(=S)N1CCN(Cc2cc(OC)c(OC)c(OC)c2)CC1. The Balaban J connectivity index is 2.05. The monoisotopic (exact) mass is 340 g/mol. The molecular formula is C16H24N2O4S. The van der Waals surface area contributed by atoms with Gasteiger partial charge < -0.3 is 23.8 Å². The quantitative estimate of drug-likeness (QED) is 0.757. The molecule has 128 valence electrons. The number of methoxy groups -OCH3 is 4. The van der Waals surface area contributed by atoms with E-state index in [-0.39, 0.29) is 0 Å². The maximum atomic E-state index is 5.41. The van der Waals surface area contributed by atoms with E-state index < -0.39 is 0 Å². The summed E-state index contributed by atoms with van der Waals surface area (Å²) in [5, 5.41) is 0.567. The van der Waals surface area contributed by atoms with Crippen molar-refractivity contribution in [3.8, 4) is 17.2 Å². The first-order valence-electron chi connectivity index (χ1n) is 7.47. The summed E-state index contributed by atoms with van der Waals surface area (Å²) in [4.78, 5) is 4.45. The normalized spacial score (nSPS) is 15.2. The van der Waals surface area contributed by atoms with Crippen LogP contribution in [0.1, 0.15) is 5.56 Å². The Morgan fingerprint density at radius 1 is 0.957 bits per heavy atom. The minimum absolute atomic E-state index is 0.567. The van der Waals surface area contributed by atoms with E-state index in [1.807, 2.05) is 12.1 Å². The Kier molecular flexibility index (Phi) is 6.29. The van der Waals surface area contributed by atoms with Crippen LogP contribution in [0.4, 0.5) is 0 Å². The molecule has 0 N–H and O–H groups in total. The predicted octanol–water partition coefficient (Wildman–Crippen LogP) is 1.76. The zero-order valence-electron chi connectivity index (χ0n) is 14.1. The summed E-state index contributed by atoms with van der Waals surface area (Å²) in [6, 6.07) is 3.99. The number of nitrogens with zero attached hydrogens (tertiary/aromatic N) is 2. The maximum absolute atomic E-state index is 5.41. The van der Waals surface area contributed by atoms with Crippen molar-refractivity contribution in [2.75, 3.05) is 54.6 Å². The van der Waals surface area contributed by atoms with Crippen molar-refractivity contribution >= 4 is 17.4 Å². The van der Waals surface area contributed by atoms with Crippen LogP contribution in [0, 0.1) is 0 Å². The van der Waals surface area contributed by atoms with Gasteiger partial charge in [-0.2, -0.15) is 0 Å². The summed E-state index contributed by atoms with van der Waals surface area (Å²) >= 11 is 5.18. The van der Waals surface area contributed by atoms with Gasteiger partial charge in [-0.1, -0.05) is 0 Å². The molecule has 1 aromatic carbocycles. The third kappa shape index (κ3) is 4.17. The van der Waals surface area contributed by atoms with Gasteiger partial charge >= 0.3 is 0 Å². The van der Waals surface area contributed by atoms with E-state index in [2.05, 4.69) is 9.80 Å². The lowest BCUT2D eigenvalue weighted by Crippen LogP contribution is -2.48. The molecule has 7 heteroatoms. The van der Waals surface area contributed by atoms with Gasteiger partial charge in [-0.15, -0.1) is 0 Å². The van der Waals surface area contributed by atoms with Gasteiger partial charge in [-0.25, -0.2) is 0 Å². The first-order valence-corrected chi connectivity index (χ1v) is 7.87. The summed E-state index contributed by atoms with van der Waals surface area (Å²) in [5.74, 6) is 1.98. The number of piperazine rings is 1. The lowest BCUT2D eigenvalue weighted by Gasteiger charge is -2.35. The van der Waals surface area contributed by atoms with E-state index in [9.17, 15) is 0 Å². The second-order valence-corrected chi connectivity index (χ2v) is 5.62. The Morgan fingerprint density at radius 3 is 1.96 bits per heavy atom. The van der Waals surface area contributed by atoms with Crippen LogP contribution in [0.5, 0.6) is 17.2 Å². The average Bonchev–Trinajstić information content (AvgIpc) is 2.60. The molecule has 0 aliphatic carbocycles. The molecule has 0 radical (unpaired) electrons. The lowest BCUT2D eigenvalue weighted by molar-refractivity contribution is 0.157. The van der Waals surface area contributed by atoms with Crippen molar-refractivity contribution in [3.63, 3.8) is 0 Å². The Hall–Kier alpha value is -1.73. The summed E-state index contributed by atoms with van der Waals surface area (Å²) in [5.41, 5.74) is 1.13. The van der Waals surface area contributed by atoms with Crippen LogP contribution >= 0.6 is 12.2 Å². The highest BCUT2D eigenvalue weighted by molar-refractivity contribution is 7.80. The van der Waals surface area contributed by atoms with Crippen LogP contribution in [0.3, 0.4) is 0 Å². The molecule has 0 spiro atoms. The van der Waals surface area contributed by atoms with Crippen LogP contribution in [-0.4, -0.2) is 69.6 Å². The molecule has 1 fully saturated rings. The molecule has 6 nitrogen and oxygen atoms in total. The number of hydrogen-bond acceptors (Lipinski definition) is 6. The summed E-state index contributed by atoms with van der Waals surface area (Å²) in [6.07, 6.45) is 0. The Labute approximate surface area is 142 Å². The molecule has 0 bridgehead atoms. The number of hydrogen-bond donors (Lipinski definition) is 0. The van der Waals surface area contributed by atoms with Crippen molar-refractivity contribution in [2.24, 2.45) is 0 Å². The minimum atomic E-state index is 0.567. The van der Waals surface area contributed by atoms with Gasteiger partial charge in [0.15, 0.2) is 11.5 Å². The first-order chi connectivity index (χ1) is 11.1. The average molecular weight is 340 g/mol. The van der Waals surface area contributed by atoms with Gasteiger partial charge in [0.1, 0.15) is 0 Å². The standard InChI is InChI=1S/C16H24N2O4S/c1-19-13-9-12(10-14(20-2)15(13)21-3)11-17-5-7-18(8-6-17)16(23)22-4/h9-10H,5-8,11H2,1-4H3. The third-order valence-electron chi connectivity index (χ3n) is 3.94. The molecule has 1 aliphatic rings. The minimum Gasteiger partial charge on any atom is -0.493 e. The molecule has 0 saturated carbocycles. The second-order valence-electron chi connectivity index (χ2n) is 5.27. The van der Waals surface area contributed by atoms with Gasteiger partial charge in [0.05, 0.1) is 28.4 Å². The van der Waals surface area contributed by atoms with Crippen molar-refractivity contribution in [1.29, 1.82) is 0 Å². The number of ether oxygens (including phenoxy) is 4. The first kappa shape index (κ1) is 17.6. The number of benzene rings is 1. The van der Waals surface area contributed by atoms with E-state index in [4.69, 9.17) is 31.2 Å². The molecule has 0 amide bonds. The van der Waals surface area contributed by atoms with Gasteiger partial charge in [0.2, 0.25) is 5.75 Å². The summed E-state index contributed by atoms with van der Waals surface area (Å²) in [6.45, 7) is 4.43. The molecule has 1 aromatic rings. The van der Waals surface area contributed by atoms with Crippen LogP contribution in [0.15, 0.2) is 12.1 Å². The zero-order valence-corrected chi connectivity index (χ0v) is 14.9. The predicted molar refractivity (Wildman–Crippen MR) is 92.6 cm³/mol. The largest absolute Gasteiger partial charge is 0.493 e. The Morgan fingerprint density at radius 2 is 1.52 bits per heavy atom. The molecule has 0 atom stereocenters. The highest BCUT2D eigenvalue weighted by atomic mass is 32.1. The molecule has 2 rings (SSSR count). The van der Waals surface area contributed by atoms with Crippen LogP contribution in [0.2, 0.25) is 0 Å². The van der Waals surface area contributed by atoms with Crippen LogP contribution < -0.4 is 14.2 Å². The van der Waals surface area contributed by atoms with Crippen LogP contribution in [-0.2, 0) is 11.3 Å². The highest BCUT2D eigenvalue weighted by Gasteiger charge is 2.20. The smallest absolute Gasteiger partial charge is 0.259 e. The van der Waals surface area contributed by atoms with E-state index in [0.29, 0.717) is 22.4 Å². The van der Waals surface area contributed by atoms with Crippen molar-refractivity contribution in [3.05, 3.63) is 17.7 Å². The molecule has 0 unspecified atom stereocenters. The van der Waals surface area contributed by atoms with E-state index in [0.717, 1.165) is 38.3 Å². The van der Waals surface area contributed by atoms with Gasteiger partial charge in [-0.3, -0.25) is 4.90 Å². The van der Waals surface area contributed by atoms with Crippen LogP contribution in [0.25, 0.3) is 0 Å². The molecule has 1 aliphatic heterocycles. The molecular weight excluding hydrogens is 316 g/mol. The topological polar surface area (TPSA) is 43.4 Å². The lowest BCUT2D eigenvalue weighted by atomic mass is 10.1. The van der Waals surface area contributed by atoms with E-state index in [1.54, 1.807) is 28.4 Å². The maximum Gasteiger partial charge on any atom is 0.259 e. The zero-order chi connectivity index (χ0) is 16.8. The van der Waals surface area contributed by atoms with Gasteiger partial charge in [0, 0.05) is 32.7 Å². The second kappa shape index (κ2) is 8.21. The molecule has 1 heterocycles. The van der Waals surface area contributed by atoms with E-state index in [1.165, 1.54) is 0 Å². The van der Waals surface area contributed by atoms with Crippen molar-refractivity contribution in [1.82, 2.24) is 9.80 Å². The fourth-order valence-electron chi connectivity index (χ4n) is 2.70. The highest BCUT2D eigenvalue weighted by Crippen LogP contribution is 2.38. The molecule has 1 saturated heterocycles. The van der Waals surface area contributed by atoms with Gasteiger partial charge in [0.25, 0.3) is 5.17 Å². The number of thiocarbonyl (C=S) groups is 1. The number of rotatable bonds is 5. The summed E-state index contributed by atoms with van der Waals surface area (Å²) < 4.78 is 21.3. The van der Waals surface area contributed by atoms with Crippen molar-refractivity contribution < 1.29 is 18.9 Å². The molecule has 0 aromatic heterocycles. The fourth-order valence-corrected chi connectivity index (χ4v) is 2.89. The summed E-state index contributed by atoms with van der Waals surface area (Å²) in [7, 11) is 6.49. The van der Waals surface area contributed by atoms with E-state index >= 15 is 0 Å². The molecule has 23 heavy (non-hydrogen) atoms. The fraction of sp³-hybridized carbons (Fsp3) is 0.562. The Bertz CT molecular complexity index is 520. The van der Waals surface area contributed by atoms with Gasteiger partial charge in [-0.05, 0) is 29.9 Å². The van der Waals surface area contributed by atoms with Crippen molar-refractivity contribution in [2.45, 2.75) is 6.54 Å². The third-order valence-corrected chi connectivity index (χ3v) is 4.36.